The molecule has 0 spiro atoms. The van der Waals surface area contributed by atoms with Crippen LogP contribution in [0.5, 0.6) is 0 Å². The van der Waals surface area contributed by atoms with Crippen LogP contribution >= 0.6 is 23.2 Å². The first-order valence-electron chi connectivity index (χ1n) is 7.79. The second-order valence-electron chi connectivity index (χ2n) is 5.79. The van der Waals surface area contributed by atoms with Crippen LogP contribution in [0.25, 0.3) is 11.0 Å². The van der Waals surface area contributed by atoms with E-state index >= 15 is 0 Å². The number of alkyl halides is 2. The SMILES string of the molecule is CN(Cc1nc2ccccc2n1C(F)F)C(=O)Cc1c(Cl)cccc1Cl. The first-order chi connectivity index (χ1) is 12.4. The summed E-state index contributed by atoms with van der Waals surface area (Å²) >= 11 is 12.2. The lowest BCUT2D eigenvalue weighted by Gasteiger charge is -2.18. The van der Waals surface area contributed by atoms with Crippen LogP contribution in [0.2, 0.25) is 10.0 Å². The van der Waals surface area contributed by atoms with Gasteiger partial charge in [0.1, 0.15) is 5.82 Å². The minimum absolute atomic E-state index is 0.0239. The molecule has 0 atom stereocenters. The normalized spacial score (nSPS) is 11.3. The summed E-state index contributed by atoms with van der Waals surface area (Å²) in [5, 5.41) is 0.776. The number of para-hydroxylation sites is 2. The topological polar surface area (TPSA) is 38.1 Å². The highest BCUT2D eigenvalue weighted by atomic mass is 35.5. The van der Waals surface area contributed by atoms with Gasteiger partial charge in [0.15, 0.2) is 0 Å². The van der Waals surface area contributed by atoms with Crippen LogP contribution in [0.15, 0.2) is 42.5 Å². The summed E-state index contributed by atoms with van der Waals surface area (Å²) in [5.41, 5.74) is 1.29. The minimum Gasteiger partial charge on any atom is -0.338 e. The summed E-state index contributed by atoms with van der Waals surface area (Å²) < 4.78 is 27.8. The average Bonchev–Trinajstić information content (AvgIpc) is 2.96. The maximum Gasteiger partial charge on any atom is 0.320 e. The lowest BCUT2D eigenvalue weighted by atomic mass is 10.1. The number of likely N-dealkylation sites (N-methyl/N-ethyl adjacent to an activating group) is 1. The molecule has 0 aliphatic carbocycles. The number of hydrogen-bond donors (Lipinski definition) is 0. The molecule has 1 heterocycles. The van der Waals surface area contributed by atoms with E-state index in [-0.39, 0.29) is 24.7 Å². The van der Waals surface area contributed by atoms with Crippen molar-refractivity contribution >= 4 is 40.1 Å². The van der Waals surface area contributed by atoms with Gasteiger partial charge >= 0.3 is 6.55 Å². The number of hydrogen-bond acceptors (Lipinski definition) is 2. The highest BCUT2D eigenvalue weighted by molar-refractivity contribution is 6.36. The van der Waals surface area contributed by atoms with Crippen molar-refractivity contribution in [3.05, 3.63) is 63.9 Å². The number of rotatable bonds is 5. The average molecular weight is 398 g/mol. The van der Waals surface area contributed by atoms with Gasteiger partial charge in [-0.3, -0.25) is 9.36 Å². The fourth-order valence-corrected chi connectivity index (χ4v) is 3.24. The lowest BCUT2D eigenvalue weighted by molar-refractivity contribution is -0.129. The molecule has 0 aliphatic heterocycles. The Balaban J connectivity index is 1.84. The molecule has 1 aromatic heterocycles. The van der Waals surface area contributed by atoms with Crippen molar-refractivity contribution in [2.75, 3.05) is 7.05 Å². The van der Waals surface area contributed by atoms with E-state index in [2.05, 4.69) is 4.98 Å². The Morgan fingerprint density at radius 1 is 1.15 bits per heavy atom. The van der Waals surface area contributed by atoms with Crippen molar-refractivity contribution in [1.82, 2.24) is 14.5 Å². The van der Waals surface area contributed by atoms with E-state index in [1.54, 1.807) is 42.5 Å². The number of carbonyl (C=O) groups excluding carboxylic acids is 1. The molecule has 0 radical (unpaired) electrons. The summed E-state index contributed by atoms with van der Waals surface area (Å²) in [6.07, 6.45) is -0.0239. The Kier molecular flexibility index (Phi) is 5.44. The molecule has 3 aromatic rings. The van der Waals surface area contributed by atoms with E-state index in [1.807, 2.05) is 0 Å². The predicted octanol–water partition coefficient (Wildman–Crippen LogP) is 4.94. The smallest absolute Gasteiger partial charge is 0.320 e. The van der Waals surface area contributed by atoms with Crippen LogP contribution in [-0.2, 0) is 17.8 Å². The number of fused-ring (bicyclic) bond motifs is 1. The number of halogens is 4. The molecule has 0 saturated carbocycles. The van der Waals surface area contributed by atoms with E-state index in [0.29, 0.717) is 26.6 Å². The molecule has 0 bridgehead atoms. The molecule has 1 amide bonds. The standard InChI is InChI=1S/C18H15Cl2F2N3O/c1-24(17(26)9-11-12(19)5-4-6-13(11)20)10-16-23-14-7-2-3-8-15(14)25(16)18(21)22/h2-8,18H,9-10H2,1H3. The van der Waals surface area contributed by atoms with Crippen molar-refractivity contribution in [1.29, 1.82) is 0 Å². The van der Waals surface area contributed by atoms with Crippen molar-refractivity contribution in [2.45, 2.75) is 19.5 Å². The number of carbonyl (C=O) groups is 1. The molecule has 0 N–H and O–H groups in total. The van der Waals surface area contributed by atoms with E-state index in [1.165, 1.54) is 11.9 Å². The van der Waals surface area contributed by atoms with Crippen LogP contribution in [0, 0.1) is 0 Å². The monoisotopic (exact) mass is 397 g/mol. The van der Waals surface area contributed by atoms with Gasteiger partial charge in [0, 0.05) is 17.1 Å². The van der Waals surface area contributed by atoms with E-state index in [9.17, 15) is 13.6 Å². The molecule has 8 heteroatoms. The number of benzene rings is 2. The molecule has 4 nitrogen and oxygen atoms in total. The number of aromatic nitrogens is 2. The van der Waals surface area contributed by atoms with Gasteiger partial charge in [-0.05, 0) is 29.8 Å². The van der Waals surface area contributed by atoms with Gasteiger partial charge < -0.3 is 4.90 Å². The highest BCUT2D eigenvalue weighted by Crippen LogP contribution is 2.26. The Hall–Kier alpha value is -2.18. The maximum atomic E-state index is 13.5. The van der Waals surface area contributed by atoms with Gasteiger partial charge in [0.25, 0.3) is 0 Å². The zero-order chi connectivity index (χ0) is 18.8. The third kappa shape index (κ3) is 3.66. The summed E-state index contributed by atoms with van der Waals surface area (Å²) in [4.78, 5) is 18.1. The Morgan fingerprint density at radius 2 is 1.81 bits per heavy atom. The Bertz CT molecular complexity index is 939. The van der Waals surface area contributed by atoms with Crippen LogP contribution in [0.4, 0.5) is 8.78 Å². The fraction of sp³-hybridized carbons (Fsp3) is 0.222. The summed E-state index contributed by atoms with van der Waals surface area (Å²) in [6, 6.07) is 11.6. The molecule has 0 saturated heterocycles. The van der Waals surface area contributed by atoms with Crippen molar-refractivity contribution in [3.8, 4) is 0 Å². The summed E-state index contributed by atoms with van der Waals surface area (Å²) in [5.74, 6) is -0.185. The molecule has 26 heavy (non-hydrogen) atoms. The highest BCUT2D eigenvalue weighted by Gasteiger charge is 2.21. The van der Waals surface area contributed by atoms with Gasteiger partial charge in [-0.25, -0.2) is 4.98 Å². The van der Waals surface area contributed by atoms with E-state index in [4.69, 9.17) is 23.2 Å². The molecule has 3 rings (SSSR count). The second kappa shape index (κ2) is 7.60. The van der Waals surface area contributed by atoms with Gasteiger partial charge in [-0.15, -0.1) is 0 Å². The lowest BCUT2D eigenvalue weighted by Crippen LogP contribution is -2.29. The van der Waals surface area contributed by atoms with Crippen LogP contribution in [-0.4, -0.2) is 27.4 Å². The maximum absolute atomic E-state index is 13.5. The number of imidazole rings is 1. The van der Waals surface area contributed by atoms with Gasteiger partial charge in [0.05, 0.1) is 24.0 Å². The largest absolute Gasteiger partial charge is 0.338 e. The van der Waals surface area contributed by atoms with Crippen molar-refractivity contribution in [3.63, 3.8) is 0 Å². The second-order valence-corrected chi connectivity index (χ2v) is 6.61. The fourth-order valence-electron chi connectivity index (χ4n) is 2.71. The summed E-state index contributed by atoms with van der Waals surface area (Å²) in [6.45, 7) is -2.81. The van der Waals surface area contributed by atoms with Crippen LogP contribution < -0.4 is 0 Å². The van der Waals surface area contributed by atoms with E-state index in [0.717, 1.165) is 4.57 Å². The van der Waals surface area contributed by atoms with Gasteiger partial charge in [-0.2, -0.15) is 8.78 Å². The summed E-state index contributed by atoms with van der Waals surface area (Å²) in [7, 11) is 1.53. The molecule has 0 fully saturated rings. The van der Waals surface area contributed by atoms with E-state index < -0.39 is 6.55 Å². The third-order valence-corrected chi connectivity index (χ3v) is 4.77. The first kappa shape index (κ1) is 18.6. The molecule has 2 aromatic carbocycles. The molecule has 0 unspecified atom stereocenters. The molecule has 0 aliphatic rings. The minimum atomic E-state index is -2.75. The molecule has 136 valence electrons. The Morgan fingerprint density at radius 3 is 2.46 bits per heavy atom. The van der Waals surface area contributed by atoms with Gasteiger partial charge in [-0.1, -0.05) is 41.4 Å². The van der Waals surface area contributed by atoms with Crippen LogP contribution in [0.3, 0.4) is 0 Å². The molecular formula is C18H15Cl2F2N3O. The van der Waals surface area contributed by atoms with Crippen molar-refractivity contribution in [2.24, 2.45) is 0 Å². The van der Waals surface area contributed by atoms with Crippen molar-refractivity contribution < 1.29 is 13.6 Å². The van der Waals surface area contributed by atoms with Gasteiger partial charge in [0.2, 0.25) is 5.91 Å². The quantitative estimate of drug-likeness (QED) is 0.611. The zero-order valence-corrected chi connectivity index (χ0v) is 15.3. The number of amides is 1. The Labute approximate surface area is 158 Å². The number of nitrogens with zero attached hydrogens (tertiary/aromatic N) is 3. The molecular weight excluding hydrogens is 383 g/mol. The predicted molar refractivity (Wildman–Crippen MR) is 97.6 cm³/mol. The van der Waals surface area contributed by atoms with Crippen LogP contribution in [0.1, 0.15) is 17.9 Å². The first-order valence-corrected chi connectivity index (χ1v) is 8.55. The third-order valence-electron chi connectivity index (χ3n) is 4.06. The zero-order valence-electron chi connectivity index (χ0n) is 13.8.